The van der Waals surface area contributed by atoms with Gasteiger partial charge in [0.25, 0.3) is 0 Å². The van der Waals surface area contributed by atoms with Gasteiger partial charge in [-0.25, -0.2) is 0 Å². The quantitative estimate of drug-likeness (QED) is 0.533. The van der Waals surface area contributed by atoms with Crippen molar-refractivity contribution in [2.75, 3.05) is 0 Å². The number of benzene rings is 2. The zero-order chi connectivity index (χ0) is 17.2. The van der Waals surface area contributed by atoms with Crippen LogP contribution in [0, 0.1) is 11.5 Å². The molecule has 2 aromatic rings. The highest BCUT2D eigenvalue weighted by atomic mass is 28.3. The van der Waals surface area contributed by atoms with Crippen molar-refractivity contribution in [3.8, 4) is 17.2 Å². The molecule has 0 aliphatic heterocycles. The lowest BCUT2D eigenvalue weighted by Crippen LogP contribution is -2.43. The molecule has 0 radical (unpaired) electrons. The molecule has 0 saturated heterocycles. The van der Waals surface area contributed by atoms with E-state index in [1.165, 1.54) is 0 Å². The fourth-order valence-electron chi connectivity index (χ4n) is 3.96. The maximum atomic E-state index is 10.6. The molecule has 2 heteroatoms. The summed E-state index contributed by atoms with van der Waals surface area (Å²) in [6, 6.07) is 11.9. The van der Waals surface area contributed by atoms with Gasteiger partial charge in [0.2, 0.25) is 0 Å². The molecule has 23 heavy (non-hydrogen) atoms. The highest BCUT2D eigenvalue weighted by Crippen LogP contribution is 2.41. The Morgan fingerprint density at radius 1 is 0.826 bits per heavy atom. The van der Waals surface area contributed by atoms with Crippen LogP contribution in [-0.2, 0) is 0 Å². The number of fused-ring (bicyclic) bond motifs is 1. The van der Waals surface area contributed by atoms with Crippen molar-refractivity contribution in [1.29, 1.82) is 0 Å². The topological polar surface area (TPSA) is 20.2 Å². The number of hydrogen-bond acceptors (Lipinski definition) is 1. The third-order valence-electron chi connectivity index (χ3n) is 5.18. The van der Waals surface area contributed by atoms with E-state index in [9.17, 15) is 5.11 Å². The Morgan fingerprint density at radius 2 is 1.39 bits per heavy atom. The van der Waals surface area contributed by atoms with E-state index in [-0.39, 0.29) is 0 Å². The van der Waals surface area contributed by atoms with Gasteiger partial charge in [0.05, 0.1) is 5.56 Å². The van der Waals surface area contributed by atoms with Crippen molar-refractivity contribution < 1.29 is 5.11 Å². The third-order valence-corrected chi connectivity index (χ3v) is 11.5. The van der Waals surface area contributed by atoms with Crippen molar-refractivity contribution in [3.05, 3.63) is 42.0 Å². The van der Waals surface area contributed by atoms with E-state index in [0.717, 1.165) is 16.3 Å². The van der Waals surface area contributed by atoms with Gasteiger partial charge in [-0.1, -0.05) is 77.8 Å². The number of hydrogen-bond donors (Lipinski definition) is 1. The predicted molar refractivity (Wildman–Crippen MR) is 104 cm³/mol. The third kappa shape index (κ3) is 3.16. The van der Waals surface area contributed by atoms with Gasteiger partial charge in [-0.3, -0.25) is 0 Å². The standard InChI is InChI=1S/C21H28OSi/c1-15(2)23(16(3)4,17(5)6)14-13-19-12-11-18-9-7-8-10-20(18)21(19)22/h7-12,15-17,22H,1-6H3. The maximum absolute atomic E-state index is 10.6. The van der Waals surface area contributed by atoms with Gasteiger partial charge in [-0.2, -0.15) is 0 Å². The van der Waals surface area contributed by atoms with E-state index in [0.29, 0.717) is 22.4 Å². The van der Waals surface area contributed by atoms with Crippen molar-refractivity contribution in [2.24, 2.45) is 0 Å². The summed E-state index contributed by atoms with van der Waals surface area (Å²) in [7, 11) is -1.77. The van der Waals surface area contributed by atoms with E-state index in [4.69, 9.17) is 0 Å². The van der Waals surface area contributed by atoms with Crippen LogP contribution in [0.5, 0.6) is 5.75 Å². The molecule has 0 aliphatic rings. The molecule has 0 saturated carbocycles. The summed E-state index contributed by atoms with van der Waals surface area (Å²) in [6.07, 6.45) is 0. The van der Waals surface area contributed by atoms with Crippen LogP contribution < -0.4 is 0 Å². The summed E-state index contributed by atoms with van der Waals surface area (Å²) >= 11 is 0. The highest BCUT2D eigenvalue weighted by molar-refractivity contribution is 6.90. The summed E-state index contributed by atoms with van der Waals surface area (Å²) in [5.74, 6) is 3.67. The molecule has 0 fully saturated rings. The molecule has 0 bridgehead atoms. The van der Waals surface area contributed by atoms with Crippen LogP contribution in [0.1, 0.15) is 47.1 Å². The number of phenols is 1. The van der Waals surface area contributed by atoms with Crippen molar-refractivity contribution in [1.82, 2.24) is 0 Å². The van der Waals surface area contributed by atoms with Crippen LogP contribution in [0.15, 0.2) is 36.4 Å². The van der Waals surface area contributed by atoms with Crippen LogP contribution in [0.3, 0.4) is 0 Å². The Hall–Kier alpha value is -1.72. The molecule has 0 aliphatic carbocycles. The van der Waals surface area contributed by atoms with Crippen molar-refractivity contribution in [3.63, 3.8) is 0 Å². The lowest BCUT2D eigenvalue weighted by Gasteiger charge is -2.38. The van der Waals surface area contributed by atoms with Crippen LogP contribution in [0.4, 0.5) is 0 Å². The van der Waals surface area contributed by atoms with Crippen molar-refractivity contribution >= 4 is 18.8 Å². The van der Waals surface area contributed by atoms with Gasteiger partial charge in [-0.05, 0) is 28.1 Å². The van der Waals surface area contributed by atoms with E-state index in [2.05, 4.69) is 53.0 Å². The Balaban J connectivity index is 2.57. The van der Waals surface area contributed by atoms with Crippen molar-refractivity contribution in [2.45, 2.75) is 58.2 Å². The van der Waals surface area contributed by atoms with E-state index in [1.807, 2.05) is 36.4 Å². The molecule has 0 unspecified atom stereocenters. The first-order chi connectivity index (χ1) is 10.8. The molecule has 1 nitrogen and oxygen atoms in total. The summed E-state index contributed by atoms with van der Waals surface area (Å²) in [5.41, 5.74) is 6.22. The minimum absolute atomic E-state index is 0.315. The van der Waals surface area contributed by atoms with Gasteiger partial charge in [-0.15, -0.1) is 5.54 Å². The second kappa shape index (κ2) is 6.80. The molecular weight excluding hydrogens is 296 g/mol. The lowest BCUT2D eigenvalue weighted by molar-refractivity contribution is 0.480. The van der Waals surface area contributed by atoms with Crippen LogP contribution in [0.2, 0.25) is 16.6 Å². The molecule has 2 aromatic carbocycles. The first-order valence-electron chi connectivity index (χ1n) is 8.54. The monoisotopic (exact) mass is 324 g/mol. The normalized spacial score (nSPS) is 12.0. The van der Waals surface area contributed by atoms with Gasteiger partial charge < -0.3 is 5.11 Å². The molecule has 0 amide bonds. The summed E-state index contributed by atoms with van der Waals surface area (Å²) < 4.78 is 0. The van der Waals surface area contributed by atoms with Gasteiger partial charge in [0, 0.05) is 5.39 Å². The van der Waals surface area contributed by atoms with Crippen LogP contribution in [0.25, 0.3) is 10.8 Å². The van der Waals surface area contributed by atoms with Gasteiger partial charge in [0.1, 0.15) is 13.8 Å². The second-order valence-electron chi connectivity index (χ2n) is 7.33. The van der Waals surface area contributed by atoms with E-state index in [1.54, 1.807) is 0 Å². The van der Waals surface area contributed by atoms with E-state index >= 15 is 0 Å². The molecule has 0 spiro atoms. The van der Waals surface area contributed by atoms with Crippen LogP contribution >= 0.6 is 0 Å². The maximum Gasteiger partial charge on any atom is 0.146 e. The average Bonchev–Trinajstić information content (AvgIpc) is 2.49. The minimum atomic E-state index is -1.77. The van der Waals surface area contributed by atoms with Gasteiger partial charge >= 0.3 is 0 Å². The molecular formula is C21H28OSi. The predicted octanol–water partition coefficient (Wildman–Crippen LogP) is 6.11. The molecule has 122 valence electrons. The average molecular weight is 325 g/mol. The Labute approximate surface area is 141 Å². The Kier molecular flexibility index (Phi) is 5.22. The van der Waals surface area contributed by atoms with E-state index < -0.39 is 8.07 Å². The smallest absolute Gasteiger partial charge is 0.146 e. The first-order valence-corrected chi connectivity index (χ1v) is 10.8. The summed E-state index contributed by atoms with van der Waals surface area (Å²) in [4.78, 5) is 0. The summed E-state index contributed by atoms with van der Waals surface area (Å²) in [6.45, 7) is 13.8. The molecule has 0 atom stereocenters. The Bertz CT molecular complexity index is 725. The number of aromatic hydroxyl groups is 1. The second-order valence-corrected chi connectivity index (χ2v) is 12.9. The summed E-state index contributed by atoms with van der Waals surface area (Å²) in [5, 5.41) is 12.5. The fraction of sp³-hybridized carbons (Fsp3) is 0.429. The zero-order valence-corrected chi connectivity index (χ0v) is 16.1. The van der Waals surface area contributed by atoms with Crippen LogP contribution in [-0.4, -0.2) is 13.2 Å². The first kappa shape index (κ1) is 17.6. The lowest BCUT2D eigenvalue weighted by atomic mass is 10.1. The molecule has 0 heterocycles. The van der Waals surface area contributed by atoms with Gasteiger partial charge in [0.15, 0.2) is 0 Å². The minimum Gasteiger partial charge on any atom is -0.506 e. The Morgan fingerprint density at radius 3 is 1.96 bits per heavy atom. The fourth-order valence-corrected chi connectivity index (χ4v) is 9.18. The molecule has 1 N–H and O–H groups in total. The number of phenolic OH excluding ortho intramolecular Hbond substituents is 1. The largest absolute Gasteiger partial charge is 0.506 e. The molecule has 0 aromatic heterocycles. The zero-order valence-electron chi connectivity index (χ0n) is 15.1. The SMILES string of the molecule is CC(C)[Si](C#Cc1ccc2ccccc2c1O)(C(C)C)C(C)C. The molecule has 2 rings (SSSR count). The number of rotatable bonds is 3. The highest BCUT2D eigenvalue weighted by Gasteiger charge is 2.41.